The monoisotopic (exact) mass is 325 g/mol. The first-order chi connectivity index (χ1) is 9.34. The lowest BCUT2D eigenvalue weighted by Gasteiger charge is -2.34. The van der Waals surface area contributed by atoms with Gasteiger partial charge in [-0.15, -0.1) is 12.4 Å². The fourth-order valence-electron chi connectivity index (χ4n) is 2.42. The summed E-state index contributed by atoms with van der Waals surface area (Å²) in [6, 6.07) is 2.43. The van der Waals surface area contributed by atoms with Crippen molar-refractivity contribution < 1.29 is 23.0 Å². The van der Waals surface area contributed by atoms with E-state index in [9.17, 15) is 18.3 Å². The minimum atomic E-state index is -4.43. The van der Waals surface area contributed by atoms with Gasteiger partial charge >= 0.3 is 6.18 Å². The van der Waals surface area contributed by atoms with E-state index >= 15 is 0 Å². The second kappa shape index (κ2) is 6.85. The Bertz CT molecular complexity index is 478. The summed E-state index contributed by atoms with van der Waals surface area (Å²) < 4.78 is 42.9. The van der Waals surface area contributed by atoms with Crippen LogP contribution in [-0.2, 0) is 6.18 Å². The summed E-state index contributed by atoms with van der Waals surface area (Å²) in [5.41, 5.74) is 5.59. The highest BCUT2D eigenvalue weighted by Crippen LogP contribution is 2.39. The molecule has 21 heavy (non-hydrogen) atoms. The van der Waals surface area contributed by atoms with Crippen molar-refractivity contribution >= 4 is 12.4 Å². The minimum absolute atomic E-state index is 0. The van der Waals surface area contributed by atoms with E-state index in [1.165, 1.54) is 13.2 Å². The Kier molecular flexibility index (Phi) is 5.90. The largest absolute Gasteiger partial charge is 0.496 e. The molecule has 0 spiro atoms. The first-order valence-corrected chi connectivity index (χ1v) is 6.53. The zero-order valence-corrected chi connectivity index (χ0v) is 12.4. The quantitative estimate of drug-likeness (QED) is 0.893. The van der Waals surface area contributed by atoms with Crippen LogP contribution in [0.2, 0.25) is 0 Å². The minimum Gasteiger partial charge on any atom is -0.496 e. The van der Waals surface area contributed by atoms with Crippen molar-refractivity contribution in [1.29, 1.82) is 0 Å². The number of hydrogen-bond donors (Lipinski definition) is 2. The van der Waals surface area contributed by atoms with Gasteiger partial charge in [0.15, 0.2) is 0 Å². The number of aliphatic hydroxyl groups excluding tert-OH is 1. The number of rotatable bonds is 4. The summed E-state index contributed by atoms with van der Waals surface area (Å²) in [6.45, 7) is 0. The van der Waals surface area contributed by atoms with Crippen molar-refractivity contribution in [3.8, 4) is 5.75 Å². The van der Waals surface area contributed by atoms with Crippen molar-refractivity contribution in [1.82, 2.24) is 0 Å². The van der Waals surface area contributed by atoms with E-state index in [0.717, 1.165) is 31.4 Å². The maximum absolute atomic E-state index is 12.7. The summed E-state index contributed by atoms with van der Waals surface area (Å²) >= 11 is 0. The molecular weight excluding hydrogens is 307 g/mol. The average molecular weight is 326 g/mol. The molecule has 0 bridgehead atoms. The topological polar surface area (TPSA) is 55.5 Å². The van der Waals surface area contributed by atoms with Crippen LogP contribution in [0.5, 0.6) is 5.75 Å². The predicted molar refractivity (Wildman–Crippen MR) is 75.5 cm³/mol. The molecule has 0 heterocycles. The lowest BCUT2D eigenvalue weighted by atomic mass is 9.77. The summed E-state index contributed by atoms with van der Waals surface area (Å²) in [7, 11) is 1.29. The number of halogens is 4. The van der Waals surface area contributed by atoms with Crippen LogP contribution in [0.15, 0.2) is 18.2 Å². The Balaban J connectivity index is 0.00000220. The molecule has 1 aliphatic rings. The highest BCUT2D eigenvalue weighted by Gasteiger charge is 2.34. The van der Waals surface area contributed by atoms with Gasteiger partial charge in [-0.3, -0.25) is 0 Å². The number of hydrogen-bond acceptors (Lipinski definition) is 3. The van der Waals surface area contributed by atoms with Crippen molar-refractivity contribution in [3.63, 3.8) is 0 Å². The Morgan fingerprint density at radius 2 is 1.95 bits per heavy atom. The number of methoxy groups -OCH3 is 1. The fourth-order valence-corrected chi connectivity index (χ4v) is 2.42. The predicted octanol–water partition coefficient (Wildman–Crippen LogP) is 3.30. The number of alkyl halides is 3. The fraction of sp³-hybridized carbons (Fsp3) is 0.571. The van der Waals surface area contributed by atoms with Crippen molar-refractivity contribution in [3.05, 3.63) is 29.3 Å². The number of nitrogens with two attached hydrogens (primary N) is 1. The number of aliphatic hydroxyl groups is 1. The lowest BCUT2D eigenvalue weighted by Crippen LogP contribution is -2.36. The summed E-state index contributed by atoms with van der Waals surface area (Å²) in [5.74, 6) is 0.183. The first-order valence-electron chi connectivity index (χ1n) is 6.53. The van der Waals surface area contributed by atoms with Crippen molar-refractivity contribution in [2.24, 2.45) is 11.7 Å². The highest BCUT2D eigenvalue weighted by molar-refractivity contribution is 5.85. The van der Waals surface area contributed by atoms with Gasteiger partial charge in [-0.1, -0.05) is 12.5 Å². The van der Waals surface area contributed by atoms with Gasteiger partial charge in [0, 0.05) is 5.56 Å². The van der Waals surface area contributed by atoms with E-state index in [1.54, 1.807) is 0 Å². The molecule has 2 rings (SSSR count). The summed E-state index contributed by atoms with van der Waals surface area (Å²) in [5, 5.41) is 10.1. The van der Waals surface area contributed by atoms with Crippen LogP contribution in [0.4, 0.5) is 13.2 Å². The third-order valence-electron chi connectivity index (χ3n) is 3.92. The second-order valence-electron chi connectivity index (χ2n) is 5.16. The smallest absolute Gasteiger partial charge is 0.416 e. The van der Waals surface area contributed by atoms with Crippen LogP contribution < -0.4 is 10.5 Å². The maximum Gasteiger partial charge on any atom is 0.416 e. The molecule has 0 unspecified atom stereocenters. The number of ether oxygens (including phenoxy) is 1. The Morgan fingerprint density at radius 3 is 2.38 bits per heavy atom. The van der Waals surface area contributed by atoms with Crippen LogP contribution >= 0.6 is 12.4 Å². The lowest BCUT2D eigenvalue weighted by molar-refractivity contribution is -0.137. The molecule has 1 aliphatic carbocycles. The molecule has 3 nitrogen and oxygen atoms in total. The Labute approximate surface area is 127 Å². The van der Waals surface area contributed by atoms with Gasteiger partial charge < -0.3 is 15.6 Å². The Hall–Kier alpha value is -0.980. The van der Waals surface area contributed by atoms with Crippen molar-refractivity contribution in [2.75, 3.05) is 7.11 Å². The zero-order chi connectivity index (χ0) is 14.9. The van der Waals surface area contributed by atoms with Crippen LogP contribution in [0.3, 0.4) is 0 Å². The Morgan fingerprint density at radius 1 is 1.33 bits per heavy atom. The van der Waals surface area contributed by atoms with Crippen LogP contribution in [0, 0.1) is 5.92 Å². The first kappa shape index (κ1) is 18.1. The molecule has 3 N–H and O–H groups in total. The molecule has 0 aliphatic heterocycles. The molecule has 0 amide bonds. The normalized spacial score (nSPS) is 18.4. The molecule has 120 valence electrons. The number of benzene rings is 1. The van der Waals surface area contributed by atoms with E-state index in [2.05, 4.69) is 0 Å². The van der Waals surface area contributed by atoms with E-state index in [-0.39, 0.29) is 24.1 Å². The average Bonchev–Trinajstić information content (AvgIpc) is 2.33. The molecular formula is C14H19ClF3NO2. The van der Waals surface area contributed by atoms with Gasteiger partial charge in [0.2, 0.25) is 0 Å². The third kappa shape index (κ3) is 3.81. The standard InChI is InChI=1S/C14H18F3NO2.ClH/c1-20-11-7-9(14(15,16)17)5-6-10(11)12(18)13(19)8-3-2-4-8;/h5-8,12-13,19H,2-4,18H2,1H3;1H/t12-,13+;/m1./s1. The van der Waals surface area contributed by atoms with Gasteiger partial charge in [0.25, 0.3) is 0 Å². The van der Waals surface area contributed by atoms with Crippen LogP contribution in [-0.4, -0.2) is 18.3 Å². The van der Waals surface area contributed by atoms with E-state index in [4.69, 9.17) is 10.5 Å². The highest BCUT2D eigenvalue weighted by atomic mass is 35.5. The van der Waals surface area contributed by atoms with Gasteiger partial charge in [-0.25, -0.2) is 0 Å². The summed E-state index contributed by atoms with van der Waals surface area (Å²) in [4.78, 5) is 0. The zero-order valence-electron chi connectivity index (χ0n) is 11.6. The molecule has 0 saturated heterocycles. The van der Waals surface area contributed by atoms with Crippen LogP contribution in [0.25, 0.3) is 0 Å². The van der Waals surface area contributed by atoms with Gasteiger partial charge in [-0.2, -0.15) is 13.2 Å². The van der Waals surface area contributed by atoms with E-state index in [0.29, 0.717) is 5.56 Å². The molecule has 0 radical (unpaired) electrons. The molecule has 2 atom stereocenters. The molecule has 1 aromatic carbocycles. The molecule has 7 heteroatoms. The summed E-state index contributed by atoms with van der Waals surface area (Å²) in [6.07, 6.45) is -2.33. The van der Waals surface area contributed by atoms with Gasteiger partial charge in [-0.05, 0) is 30.9 Å². The molecule has 1 aromatic rings. The van der Waals surface area contributed by atoms with Crippen LogP contribution in [0.1, 0.15) is 36.4 Å². The van der Waals surface area contributed by atoms with E-state index < -0.39 is 23.9 Å². The van der Waals surface area contributed by atoms with Gasteiger partial charge in [0.05, 0.1) is 24.8 Å². The molecule has 1 saturated carbocycles. The second-order valence-corrected chi connectivity index (χ2v) is 5.16. The molecule has 1 fully saturated rings. The maximum atomic E-state index is 12.7. The van der Waals surface area contributed by atoms with E-state index in [1.807, 2.05) is 0 Å². The SMILES string of the molecule is COc1cc(C(F)(F)F)ccc1[C@@H](N)[C@@H](O)C1CCC1.Cl. The van der Waals surface area contributed by atoms with Crippen molar-refractivity contribution in [2.45, 2.75) is 37.6 Å². The van der Waals surface area contributed by atoms with Gasteiger partial charge in [0.1, 0.15) is 5.75 Å². The third-order valence-corrected chi connectivity index (χ3v) is 3.92. The molecule has 0 aromatic heterocycles.